The molecule has 11 aromatic rings. The fourth-order valence-corrected chi connectivity index (χ4v) is 8.23. The van der Waals surface area contributed by atoms with Gasteiger partial charge in [-0.3, -0.25) is 0 Å². The Hall–Kier alpha value is -8.15. The van der Waals surface area contributed by atoms with Crippen molar-refractivity contribution in [3.63, 3.8) is 0 Å². The Kier molecular flexibility index (Phi) is 8.75. The number of anilines is 3. The summed E-state index contributed by atoms with van der Waals surface area (Å²) in [5.74, 6) is 1.76. The molecule has 0 spiro atoms. The van der Waals surface area contributed by atoms with E-state index in [2.05, 4.69) is 157 Å². The van der Waals surface area contributed by atoms with Gasteiger partial charge in [-0.05, 0) is 58.0 Å². The molecule has 0 saturated carbocycles. The van der Waals surface area contributed by atoms with Gasteiger partial charge in [0.05, 0.1) is 11.3 Å². The van der Waals surface area contributed by atoms with E-state index in [4.69, 9.17) is 19.4 Å². The highest BCUT2D eigenvalue weighted by atomic mass is 16.3. The van der Waals surface area contributed by atoms with Crippen LogP contribution in [0.1, 0.15) is 0 Å². The molecule has 0 fully saturated rings. The maximum absolute atomic E-state index is 7.03. The van der Waals surface area contributed by atoms with Crippen molar-refractivity contribution in [3.8, 4) is 56.4 Å². The van der Waals surface area contributed by atoms with Gasteiger partial charge in [0.25, 0.3) is 0 Å². The minimum Gasteiger partial charge on any atom is -0.455 e. The monoisotopic (exact) mass is 768 g/mol. The van der Waals surface area contributed by atoms with E-state index in [1.807, 2.05) is 66.7 Å². The summed E-state index contributed by atoms with van der Waals surface area (Å²) in [6.07, 6.45) is 0. The lowest BCUT2D eigenvalue weighted by molar-refractivity contribution is 0.670. The van der Waals surface area contributed by atoms with Gasteiger partial charge >= 0.3 is 0 Å². The minimum absolute atomic E-state index is 0.551. The van der Waals surface area contributed by atoms with Crippen LogP contribution in [-0.4, -0.2) is 15.0 Å². The smallest absolute Gasteiger partial charge is 0.167 e. The summed E-state index contributed by atoms with van der Waals surface area (Å²) in [5.41, 5.74) is 11.9. The quantitative estimate of drug-likeness (QED) is 0.154. The summed E-state index contributed by atoms with van der Waals surface area (Å²) >= 11 is 0. The van der Waals surface area contributed by atoms with Crippen molar-refractivity contribution in [1.29, 1.82) is 0 Å². The molecule has 0 N–H and O–H groups in total. The molecule has 282 valence electrons. The van der Waals surface area contributed by atoms with Crippen LogP contribution in [0.3, 0.4) is 0 Å². The molecule has 0 aliphatic heterocycles. The minimum atomic E-state index is 0.551. The second-order valence-electron chi connectivity index (χ2n) is 14.8. The topological polar surface area (TPSA) is 55.1 Å². The van der Waals surface area contributed by atoms with Crippen LogP contribution in [0.15, 0.2) is 223 Å². The molecule has 0 saturated heterocycles. The molecule has 2 aromatic heterocycles. The Morgan fingerprint density at radius 2 is 0.750 bits per heavy atom. The first-order chi connectivity index (χ1) is 29.7. The number of benzene rings is 9. The van der Waals surface area contributed by atoms with E-state index < -0.39 is 0 Å². The molecule has 0 unspecified atom stereocenters. The summed E-state index contributed by atoms with van der Waals surface area (Å²) < 4.78 is 7.03. The third-order valence-corrected chi connectivity index (χ3v) is 11.1. The third-order valence-electron chi connectivity index (χ3n) is 11.1. The highest BCUT2D eigenvalue weighted by molar-refractivity contribution is 6.23. The Bertz CT molecular complexity index is 3140. The first-order valence-corrected chi connectivity index (χ1v) is 20.1. The van der Waals surface area contributed by atoms with Gasteiger partial charge in [-0.15, -0.1) is 0 Å². The van der Waals surface area contributed by atoms with Crippen LogP contribution in [0.4, 0.5) is 17.1 Å². The molecule has 9 aromatic carbocycles. The zero-order valence-electron chi connectivity index (χ0n) is 32.5. The number of para-hydroxylation sites is 1. The fourth-order valence-electron chi connectivity index (χ4n) is 8.23. The van der Waals surface area contributed by atoms with Gasteiger partial charge in [-0.1, -0.05) is 182 Å². The summed E-state index contributed by atoms with van der Waals surface area (Å²) in [4.78, 5) is 17.4. The number of hydrogen-bond donors (Lipinski definition) is 0. The molecule has 0 amide bonds. The van der Waals surface area contributed by atoms with Crippen molar-refractivity contribution in [3.05, 3.63) is 218 Å². The van der Waals surface area contributed by atoms with E-state index in [1.165, 1.54) is 11.1 Å². The lowest BCUT2D eigenvalue weighted by Crippen LogP contribution is -2.10. The first-order valence-electron chi connectivity index (χ1n) is 20.1. The zero-order chi connectivity index (χ0) is 39.8. The van der Waals surface area contributed by atoms with Crippen molar-refractivity contribution in [2.75, 3.05) is 4.90 Å². The van der Waals surface area contributed by atoms with E-state index in [-0.39, 0.29) is 0 Å². The number of furan rings is 1. The van der Waals surface area contributed by atoms with Gasteiger partial charge in [0.1, 0.15) is 11.2 Å². The van der Waals surface area contributed by atoms with Crippen molar-refractivity contribution in [2.45, 2.75) is 0 Å². The highest BCUT2D eigenvalue weighted by Crippen LogP contribution is 2.46. The largest absolute Gasteiger partial charge is 0.455 e. The average Bonchev–Trinajstić information content (AvgIpc) is 3.72. The van der Waals surface area contributed by atoms with Crippen LogP contribution in [-0.2, 0) is 0 Å². The number of rotatable bonds is 8. The molecule has 0 bridgehead atoms. The van der Waals surface area contributed by atoms with Gasteiger partial charge < -0.3 is 9.32 Å². The van der Waals surface area contributed by atoms with Crippen LogP contribution >= 0.6 is 0 Å². The number of nitrogens with zero attached hydrogens (tertiary/aromatic N) is 4. The summed E-state index contributed by atoms with van der Waals surface area (Å²) in [6, 6.07) is 75.8. The van der Waals surface area contributed by atoms with Crippen LogP contribution in [0.5, 0.6) is 0 Å². The van der Waals surface area contributed by atoms with Gasteiger partial charge in [0, 0.05) is 44.7 Å². The first kappa shape index (κ1) is 35.0. The van der Waals surface area contributed by atoms with E-state index in [9.17, 15) is 0 Å². The maximum atomic E-state index is 7.03. The predicted octanol–water partition coefficient (Wildman–Crippen LogP) is 14.7. The van der Waals surface area contributed by atoms with Crippen LogP contribution < -0.4 is 4.90 Å². The van der Waals surface area contributed by atoms with E-state index in [0.717, 1.165) is 77.6 Å². The fraction of sp³-hybridized carbons (Fsp3) is 0. The summed E-state index contributed by atoms with van der Waals surface area (Å²) in [7, 11) is 0. The Balaban J connectivity index is 1.11. The molecule has 5 heteroatoms. The van der Waals surface area contributed by atoms with Gasteiger partial charge in [0.2, 0.25) is 0 Å². The van der Waals surface area contributed by atoms with Gasteiger partial charge in [0.15, 0.2) is 17.5 Å². The molecular weight excluding hydrogens is 733 g/mol. The van der Waals surface area contributed by atoms with Crippen molar-refractivity contribution >= 4 is 49.8 Å². The van der Waals surface area contributed by atoms with E-state index in [1.54, 1.807) is 0 Å². The van der Waals surface area contributed by atoms with Crippen LogP contribution in [0.2, 0.25) is 0 Å². The Labute approximate surface area is 347 Å². The molecule has 0 radical (unpaired) electrons. The van der Waals surface area contributed by atoms with Gasteiger partial charge in [-0.25, -0.2) is 15.0 Å². The Morgan fingerprint density at radius 1 is 0.333 bits per heavy atom. The second kappa shape index (κ2) is 15.0. The lowest BCUT2D eigenvalue weighted by atomic mass is 9.99. The molecule has 11 rings (SSSR count). The Morgan fingerprint density at radius 3 is 1.27 bits per heavy atom. The van der Waals surface area contributed by atoms with Crippen molar-refractivity contribution in [2.24, 2.45) is 0 Å². The number of fused-ring (bicyclic) bond motifs is 5. The normalized spacial score (nSPS) is 11.3. The van der Waals surface area contributed by atoms with Crippen LogP contribution in [0, 0.1) is 0 Å². The summed E-state index contributed by atoms with van der Waals surface area (Å²) in [6.45, 7) is 0. The summed E-state index contributed by atoms with van der Waals surface area (Å²) in [5, 5.41) is 4.25. The van der Waals surface area contributed by atoms with Crippen molar-refractivity contribution in [1.82, 2.24) is 15.0 Å². The molecule has 0 aliphatic rings. The molecule has 0 aliphatic carbocycles. The average molecular weight is 769 g/mol. The third kappa shape index (κ3) is 6.35. The number of hydrogen-bond acceptors (Lipinski definition) is 5. The molecule has 60 heavy (non-hydrogen) atoms. The predicted molar refractivity (Wildman–Crippen MR) is 246 cm³/mol. The SMILES string of the molecule is c1ccc(-c2ccc(N(c3ccc(-c4ccccc4)cc3)c3cc4oc5c(-c6nc(-c7ccccc7)nc(-c7ccccc7)n6)cccc5c4c4ccccc34)cc2)cc1. The van der Waals surface area contributed by atoms with Crippen molar-refractivity contribution < 1.29 is 4.42 Å². The highest BCUT2D eigenvalue weighted by Gasteiger charge is 2.23. The second-order valence-corrected chi connectivity index (χ2v) is 14.8. The standard InChI is InChI=1S/C55H36N4O/c1-5-16-37(17-6-1)39-28-32-43(33-29-39)59(44-34-30-40(31-35-44)38-18-7-2-8-19-38)49-36-50-51(46-25-14-13-24-45(46)49)47-26-15-27-48(52(47)60-50)55-57-53(41-20-9-3-10-21-41)56-54(58-55)42-22-11-4-12-23-42/h1-36H. The molecule has 2 heterocycles. The van der Waals surface area contributed by atoms with E-state index >= 15 is 0 Å². The van der Waals surface area contributed by atoms with Crippen LogP contribution in [0.25, 0.3) is 89.1 Å². The maximum Gasteiger partial charge on any atom is 0.167 e. The molecular formula is C55H36N4O. The zero-order valence-corrected chi connectivity index (χ0v) is 32.5. The molecule has 5 nitrogen and oxygen atoms in total. The lowest BCUT2D eigenvalue weighted by Gasteiger charge is -2.27. The van der Waals surface area contributed by atoms with Gasteiger partial charge in [-0.2, -0.15) is 0 Å². The van der Waals surface area contributed by atoms with E-state index in [0.29, 0.717) is 17.5 Å². The molecule has 0 atom stereocenters. The number of aromatic nitrogens is 3.